The first-order chi connectivity index (χ1) is 9.36. The van der Waals surface area contributed by atoms with Gasteiger partial charge in [0.05, 0.1) is 6.61 Å². The molecule has 0 unspecified atom stereocenters. The van der Waals surface area contributed by atoms with Gasteiger partial charge in [0.25, 0.3) is 0 Å². The molecule has 0 radical (unpaired) electrons. The van der Waals surface area contributed by atoms with Crippen LogP contribution in [0.25, 0.3) is 0 Å². The lowest BCUT2D eigenvalue weighted by molar-refractivity contribution is 0.287. The van der Waals surface area contributed by atoms with E-state index in [1.165, 1.54) is 0 Å². The van der Waals surface area contributed by atoms with Crippen LogP contribution < -0.4 is 10.5 Å². The SMILES string of the molecule is Cc1cc(Br)ccc1OCCCCC(C)(C)/C(N)=N/O. The normalized spacial score (nSPS) is 12.5. The molecule has 0 amide bonds. The standard InChI is InChI=1S/C15H23BrN2O2/c1-11-10-12(16)6-7-13(11)20-9-5-4-8-15(2,3)14(17)18-19/h6-7,10,19H,4-5,8-9H2,1-3H3,(H2,17,18). The third kappa shape index (κ3) is 5.04. The van der Waals surface area contributed by atoms with Gasteiger partial charge in [-0.25, -0.2) is 0 Å². The van der Waals surface area contributed by atoms with Gasteiger partial charge in [0.15, 0.2) is 0 Å². The highest BCUT2D eigenvalue weighted by Crippen LogP contribution is 2.25. The maximum atomic E-state index is 8.71. The highest BCUT2D eigenvalue weighted by Gasteiger charge is 2.22. The van der Waals surface area contributed by atoms with Crippen molar-refractivity contribution in [3.63, 3.8) is 0 Å². The van der Waals surface area contributed by atoms with Crippen molar-refractivity contribution in [2.45, 2.75) is 40.0 Å². The van der Waals surface area contributed by atoms with Crippen LogP contribution in [0.15, 0.2) is 27.8 Å². The molecule has 112 valence electrons. The molecule has 3 N–H and O–H groups in total. The monoisotopic (exact) mass is 342 g/mol. The van der Waals surface area contributed by atoms with Crippen LogP contribution in [0.5, 0.6) is 5.75 Å². The number of benzene rings is 1. The average Bonchev–Trinajstić information content (AvgIpc) is 2.39. The molecule has 0 aliphatic heterocycles. The Morgan fingerprint density at radius 2 is 2.10 bits per heavy atom. The van der Waals surface area contributed by atoms with E-state index in [0.717, 1.165) is 35.0 Å². The number of rotatable bonds is 7. The van der Waals surface area contributed by atoms with E-state index < -0.39 is 0 Å². The van der Waals surface area contributed by atoms with Crippen molar-refractivity contribution in [2.24, 2.45) is 16.3 Å². The van der Waals surface area contributed by atoms with E-state index in [0.29, 0.717) is 6.61 Å². The Morgan fingerprint density at radius 3 is 2.70 bits per heavy atom. The summed E-state index contributed by atoms with van der Waals surface area (Å²) in [5.74, 6) is 1.20. The molecule has 0 aliphatic carbocycles. The van der Waals surface area contributed by atoms with Crippen LogP contribution in [-0.2, 0) is 0 Å². The Bertz CT molecular complexity index is 473. The molecule has 4 nitrogen and oxygen atoms in total. The zero-order chi connectivity index (χ0) is 15.2. The smallest absolute Gasteiger partial charge is 0.144 e. The van der Waals surface area contributed by atoms with Gasteiger partial charge in [0, 0.05) is 9.89 Å². The molecule has 0 saturated carbocycles. The fraction of sp³-hybridized carbons (Fsp3) is 0.533. The largest absolute Gasteiger partial charge is 0.493 e. The summed E-state index contributed by atoms with van der Waals surface area (Å²) in [7, 11) is 0. The predicted molar refractivity (Wildman–Crippen MR) is 85.4 cm³/mol. The van der Waals surface area contributed by atoms with Gasteiger partial charge in [0.1, 0.15) is 11.6 Å². The van der Waals surface area contributed by atoms with Gasteiger partial charge in [-0.3, -0.25) is 0 Å². The van der Waals surface area contributed by atoms with Crippen molar-refractivity contribution in [3.8, 4) is 5.75 Å². The molecule has 0 fully saturated rings. The van der Waals surface area contributed by atoms with Crippen molar-refractivity contribution in [1.29, 1.82) is 0 Å². The molecule has 0 aromatic heterocycles. The summed E-state index contributed by atoms with van der Waals surface area (Å²) in [6, 6.07) is 5.99. The summed E-state index contributed by atoms with van der Waals surface area (Å²) in [4.78, 5) is 0. The zero-order valence-electron chi connectivity index (χ0n) is 12.3. The highest BCUT2D eigenvalue weighted by molar-refractivity contribution is 9.10. The van der Waals surface area contributed by atoms with Crippen LogP contribution in [0.1, 0.15) is 38.7 Å². The molecular weight excluding hydrogens is 320 g/mol. The molecule has 0 atom stereocenters. The lowest BCUT2D eigenvalue weighted by Crippen LogP contribution is -2.31. The number of amidine groups is 1. The highest BCUT2D eigenvalue weighted by atomic mass is 79.9. The first kappa shape index (κ1) is 16.8. The Balaban J connectivity index is 2.32. The lowest BCUT2D eigenvalue weighted by Gasteiger charge is -2.22. The van der Waals surface area contributed by atoms with Gasteiger partial charge in [-0.2, -0.15) is 0 Å². The number of nitrogens with two attached hydrogens (primary N) is 1. The summed E-state index contributed by atoms with van der Waals surface area (Å²) in [6.07, 6.45) is 2.78. The molecule has 1 rings (SSSR count). The predicted octanol–water partition coefficient (Wildman–Crippen LogP) is 4.08. The van der Waals surface area contributed by atoms with Gasteiger partial charge in [-0.1, -0.05) is 34.9 Å². The molecule has 5 heteroatoms. The number of ether oxygens (including phenoxy) is 1. The molecule has 0 bridgehead atoms. The van der Waals surface area contributed by atoms with Crippen molar-refractivity contribution in [3.05, 3.63) is 28.2 Å². The van der Waals surface area contributed by atoms with Gasteiger partial charge in [-0.05, 0) is 49.9 Å². The first-order valence-electron chi connectivity index (χ1n) is 6.74. The van der Waals surface area contributed by atoms with E-state index in [9.17, 15) is 0 Å². The summed E-state index contributed by atoms with van der Waals surface area (Å²) >= 11 is 3.43. The van der Waals surface area contributed by atoms with Crippen LogP contribution in [0.3, 0.4) is 0 Å². The molecule has 0 spiro atoms. The second-order valence-corrected chi connectivity index (χ2v) is 6.50. The Morgan fingerprint density at radius 1 is 1.40 bits per heavy atom. The second-order valence-electron chi connectivity index (χ2n) is 5.58. The van der Waals surface area contributed by atoms with Crippen molar-refractivity contribution in [1.82, 2.24) is 0 Å². The van der Waals surface area contributed by atoms with Gasteiger partial charge < -0.3 is 15.7 Å². The third-order valence-electron chi connectivity index (χ3n) is 3.39. The van der Waals surface area contributed by atoms with Crippen LogP contribution in [0.2, 0.25) is 0 Å². The molecule has 0 saturated heterocycles. The van der Waals surface area contributed by atoms with Crippen LogP contribution in [-0.4, -0.2) is 17.6 Å². The summed E-state index contributed by atoms with van der Waals surface area (Å²) < 4.78 is 6.82. The van der Waals surface area contributed by atoms with Gasteiger partial charge in [-0.15, -0.1) is 0 Å². The number of hydrogen-bond donors (Lipinski definition) is 2. The number of nitrogens with zero attached hydrogens (tertiary/aromatic N) is 1. The molecule has 0 heterocycles. The number of halogens is 1. The van der Waals surface area contributed by atoms with E-state index in [-0.39, 0.29) is 11.3 Å². The quantitative estimate of drug-likeness (QED) is 0.258. The second kappa shape index (κ2) is 7.53. The molecule has 20 heavy (non-hydrogen) atoms. The number of unbranched alkanes of at least 4 members (excludes halogenated alkanes) is 1. The average molecular weight is 343 g/mol. The van der Waals surface area contributed by atoms with Crippen molar-refractivity contribution >= 4 is 21.8 Å². The van der Waals surface area contributed by atoms with Crippen molar-refractivity contribution in [2.75, 3.05) is 6.61 Å². The number of hydrogen-bond acceptors (Lipinski definition) is 3. The van der Waals surface area contributed by atoms with E-state index in [2.05, 4.69) is 21.1 Å². The minimum Gasteiger partial charge on any atom is -0.493 e. The van der Waals surface area contributed by atoms with Crippen LogP contribution >= 0.6 is 15.9 Å². The van der Waals surface area contributed by atoms with Gasteiger partial charge >= 0.3 is 0 Å². The molecule has 1 aromatic rings. The summed E-state index contributed by atoms with van der Waals surface area (Å²) in [5, 5.41) is 11.8. The van der Waals surface area contributed by atoms with E-state index in [1.807, 2.05) is 39.0 Å². The van der Waals surface area contributed by atoms with Crippen LogP contribution in [0.4, 0.5) is 0 Å². The topological polar surface area (TPSA) is 67.8 Å². The summed E-state index contributed by atoms with van der Waals surface area (Å²) in [5.41, 5.74) is 6.50. The number of aryl methyl sites for hydroxylation is 1. The number of oxime groups is 1. The maximum absolute atomic E-state index is 8.71. The Labute approximate surface area is 129 Å². The minimum absolute atomic E-state index is 0.276. The maximum Gasteiger partial charge on any atom is 0.144 e. The summed E-state index contributed by atoms with van der Waals surface area (Å²) in [6.45, 7) is 6.65. The Hall–Kier alpha value is -1.23. The van der Waals surface area contributed by atoms with E-state index in [1.54, 1.807) is 0 Å². The first-order valence-corrected chi connectivity index (χ1v) is 7.53. The van der Waals surface area contributed by atoms with Crippen LogP contribution in [0, 0.1) is 12.3 Å². The third-order valence-corrected chi connectivity index (χ3v) is 3.89. The molecule has 0 aliphatic rings. The Kier molecular flexibility index (Phi) is 6.33. The van der Waals surface area contributed by atoms with Crippen molar-refractivity contribution < 1.29 is 9.94 Å². The zero-order valence-corrected chi connectivity index (χ0v) is 13.9. The van der Waals surface area contributed by atoms with Gasteiger partial charge in [0.2, 0.25) is 0 Å². The fourth-order valence-electron chi connectivity index (χ4n) is 1.89. The minimum atomic E-state index is -0.276. The molecule has 1 aromatic carbocycles. The molecular formula is C15H23BrN2O2. The fourth-order valence-corrected chi connectivity index (χ4v) is 2.36. The van der Waals surface area contributed by atoms with E-state index >= 15 is 0 Å². The van der Waals surface area contributed by atoms with E-state index in [4.69, 9.17) is 15.7 Å². The lowest BCUT2D eigenvalue weighted by atomic mass is 9.86.